The van der Waals surface area contributed by atoms with Crippen LogP contribution in [0.4, 0.5) is 0 Å². The van der Waals surface area contributed by atoms with Crippen molar-refractivity contribution in [3.63, 3.8) is 0 Å². The van der Waals surface area contributed by atoms with Crippen LogP contribution in [0.1, 0.15) is 36.1 Å². The third-order valence-electron chi connectivity index (χ3n) is 5.02. The van der Waals surface area contributed by atoms with Crippen LogP contribution in [-0.2, 0) is 20.5 Å². The molecule has 22 heavy (non-hydrogen) atoms. The van der Waals surface area contributed by atoms with Gasteiger partial charge in [0.15, 0.2) is 7.29 Å². The average molecular weight is 313 g/mol. The predicted molar refractivity (Wildman–Crippen MR) is 88.2 cm³/mol. The topological polar surface area (TPSA) is 29.5 Å². The molecule has 4 heteroatoms. The number of hydrogen-bond acceptors (Lipinski definition) is 2. The fraction of sp³-hybridized carbons (Fsp3) is 0.333. The van der Waals surface area contributed by atoms with Gasteiger partial charge in [-0.3, -0.25) is 4.84 Å². The molecule has 5 rings (SSSR count). The van der Waals surface area contributed by atoms with Crippen LogP contribution in [0.3, 0.4) is 0 Å². The lowest BCUT2D eigenvalue weighted by atomic mass is 9.66. The molecular formula is C18H20NO2P. The van der Waals surface area contributed by atoms with Gasteiger partial charge >= 0.3 is 0 Å². The molecular weight excluding hydrogens is 293 g/mol. The van der Waals surface area contributed by atoms with Crippen LogP contribution in [0, 0.1) is 0 Å². The van der Waals surface area contributed by atoms with Gasteiger partial charge in [-0.05, 0) is 36.1 Å². The number of rotatable bonds is 1. The molecule has 114 valence electrons. The number of hydrogen-bond donors (Lipinski definition) is 0. The minimum Gasteiger partial charge on any atom is -0.305 e. The van der Waals surface area contributed by atoms with Crippen LogP contribution in [0.15, 0.2) is 48.5 Å². The highest BCUT2D eigenvalue weighted by Gasteiger charge is 2.59. The zero-order valence-corrected chi connectivity index (χ0v) is 14.2. The first kappa shape index (κ1) is 14.2. The second-order valence-electron chi connectivity index (χ2n) is 6.85. The summed E-state index contributed by atoms with van der Waals surface area (Å²) in [6.07, 6.45) is 0. The maximum absolute atomic E-state index is 12.9. The Balaban J connectivity index is 2.15. The summed E-state index contributed by atoms with van der Waals surface area (Å²) >= 11 is 0. The minimum atomic E-state index is -2.59. The summed E-state index contributed by atoms with van der Waals surface area (Å²) in [4.78, 5) is 8.12. The molecule has 0 aromatic heterocycles. The fourth-order valence-electron chi connectivity index (χ4n) is 4.09. The van der Waals surface area contributed by atoms with Gasteiger partial charge in [-0.1, -0.05) is 48.5 Å². The molecule has 0 N–H and O–H groups in total. The Bertz CT molecular complexity index is 776. The first-order valence-electron chi connectivity index (χ1n) is 7.54. The molecule has 0 spiro atoms. The quantitative estimate of drug-likeness (QED) is 0.735. The summed E-state index contributed by atoms with van der Waals surface area (Å²) in [7, 11) is -2.59. The highest BCUT2D eigenvalue weighted by molar-refractivity contribution is 7.59. The van der Waals surface area contributed by atoms with Gasteiger partial charge in [-0.2, -0.15) is 0 Å². The van der Waals surface area contributed by atoms with Crippen molar-refractivity contribution in [1.82, 2.24) is 4.83 Å². The Kier molecular flexibility index (Phi) is 2.65. The second kappa shape index (κ2) is 4.11. The molecule has 1 aliphatic carbocycles. The number of nitrogens with zero attached hydrogens (tertiary/aromatic N) is 1. The van der Waals surface area contributed by atoms with Gasteiger partial charge in [-0.25, -0.2) is 0 Å². The summed E-state index contributed by atoms with van der Waals surface area (Å²) in [6.45, 7) is 7.73. The monoisotopic (exact) mass is 313 g/mol. The molecule has 0 amide bonds. The van der Waals surface area contributed by atoms with Gasteiger partial charge in [-0.15, -0.1) is 4.83 Å². The lowest BCUT2D eigenvalue weighted by Gasteiger charge is -2.58. The zero-order chi connectivity index (χ0) is 15.8. The minimum absolute atomic E-state index is 0.524. The second-order valence-corrected chi connectivity index (χ2v) is 9.81. The van der Waals surface area contributed by atoms with Crippen molar-refractivity contribution in [2.75, 3.05) is 13.3 Å². The summed E-state index contributed by atoms with van der Waals surface area (Å²) in [6, 6.07) is 16.7. The third kappa shape index (κ3) is 1.52. The Morgan fingerprint density at radius 3 is 1.68 bits per heavy atom. The molecule has 2 aromatic carbocycles. The molecule has 0 fully saturated rings. The van der Waals surface area contributed by atoms with Gasteiger partial charge in [0.2, 0.25) is 0 Å². The smallest absolute Gasteiger partial charge is 0.167 e. The molecule has 2 heterocycles. The van der Waals surface area contributed by atoms with Gasteiger partial charge in [0.05, 0.1) is 0 Å². The van der Waals surface area contributed by atoms with E-state index < -0.39 is 18.4 Å². The first-order valence-corrected chi connectivity index (χ1v) is 10.1. The lowest BCUT2D eigenvalue weighted by molar-refractivity contribution is -0.242. The van der Waals surface area contributed by atoms with Gasteiger partial charge in [0.25, 0.3) is 0 Å². The van der Waals surface area contributed by atoms with E-state index in [0.29, 0.717) is 0 Å². The van der Waals surface area contributed by atoms with Crippen molar-refractivity contribution in [2.24, 2.45) is 0 Å². The summed E-state index contributed by atoms with van der Waals surface area (Å²) in [5, 5.41) is 0. The van der Waals surface area contributed by atoms with E-state index >= 15 is 0 Å². The molecule has 3 aliphatic rings. The van der Waals surface area contributed by atoms with Crippen LogP contribution in [0.25, 0.3) is 0 Å². The SMILES string of the molecule is CC12ON(P(C)(C)=O)C(C)(c3ccccc31)c1ccccc12. The maximum atomic E-state index is 12.9. The Hall–Kier alpha value is -1.41. The Labute approximate surface area is 131 Å². The highest BCUT2D eigenvalue weighted by atomic mass is 31.2. The van der Waals surface area contributed by atoms with Crippen molar-refractivity contribution in [1.29, 1.82) is 0 Å². The van der Waals surface area contributed by atoms with Crippen LogP contribution in [-0.4, -0.2) is 18.2 Å². The lowest BCUT2D eigenvalue weighted by Crippen LogP contribution is -2.58. The van der Waals surface area contributed by atoms with Crippen molar-refractivity contribution < 1.29 is 9.40 Å². The molecule has 2 aromatic rings. The van der Waals surface area contributed by atoms with Crippen molar-refractivity contribution in [3.05, 3.63) is 70.8 Å². The van der Waals surface area contributed by atoms with Crippen LogP contribution in [0.2, 0.25) is 0 Å². The normalized spacial score (nSPS) is 30.0. The molecule has 2 bridgehead atoms. The summed E-state index contributed by atoms with van der Waals surface area (Å²) < 4.78 is 12.9. The number of hydroxylamine groups is 1. The van der Waals surface area contributed by atoms with E-state index in [2.05, 4.69) is 38.1 Å². The van der Waals surface area contributed by atoms with Gasteiger partial charge in [0.1, 0.15) is 11.1 Å². The van der Waals surface area contributed by atoms with E-state index in [4.69, 9.17) is 4.84 Å². The standard InChI is InChI=1S/C18H20NO2P/c1-17-13-9-5-7-11-15(13)18(2,21-19(17)22(3,4)20)16-12-8-6-10-14(16)17/h5-12H,1-4H3. The van der Waals surface area contributed by atoms with Crippen molar-refractivity contribution in [2.45, 2.75) is 25.0 Å². The molecule has 0 unspecified atom stereocenters. The van der Waals surface area contributed by atoms with Crippen LogP contribution in [0.5, 0.6) is 0 Å². The molecule has 2 aliphatic heterocycles. The molecule has 0 saturated carbocycles. The molecule has 0 saturated heterocycles. The summed E-state index contributed by atoms with van der Waals surface area (Å²) in [5.74, 6) is 0. The summed E-state index contributed by atoms with van der Waals surface area (Å²) in [5.41, 5.74) is 3.59. The van der Waals surface area contributed by atoms with E-state index in [0.717, 1.165) is 0 Å². The van der Waals surface area contributed by atoms with Crippen molar-refractivity contribution >= 4 is 7.29 Å². The number of benzene rings is 2. The fourth-order valence-corrected chi connectivity index (χ4v) is 5.62. The van der Waals surface area contributed by atoms with Gasteiger partial charge in [0, 0.05) is 13.3 Å². The van der Waals surface area contributed by atoms with Gasteiger partial charge < -0.3 is 4.57 Å². The molecule has 0 atom stereocenters. The largest absolute Gasteiger partial charge is 0.305 e. The first-order chi connectivity index (χ1) is 10.3. The maximum Gasteiger partial charge on any atom is 0.167 e. The van der Waals surface area contributed by atoms with Crippen molar-refractivity contribution in [3.8, 4) is 0 Å². The van der Waals surface area contributed by atoms with E-state index in [1.165, 1.54) is 22.3 Å². The van der Waals surface area contributed by atoms with E-state index in [9.17, 15) is 4.57 Å². The number of fused-ring (bicyclic) bond motifs is 1. The van der Waals surface area contributed by atoms with E-state index in [1.807, 2.05) is 24.3 Å². The predicted octanol–water partition coefficient (Wildman–Crippen LogP) is 4.31. The van der Waals surface area contributed by atoms with E-state index in [-0.39, 0.29) is 0 Å². The third-order valence-corrected chi connectivity index (χ3v) is 6.38. The van der Waals surface area contributed by atoms with Crippen LogP contribution < -0.4 is 0 Å². The Morgan fingerprint density at radius 1 is 0.864 bits per heavy atom. The van der Waals surface area contributed by atoms with E-state index in [1.54, 1.807) is 18.2 Å². The van der Waals surface area contributed by atoms with Crippen LogP contribution >= 0.6 is 7.29 Å². The highest BCUT2D eigenvalue weighted by Crippen LogP contribution is 2.64. The molecule has 0 radical (unpaired) electrons. The zero-order valence-electron chi connectivity index (χ0n) is 13.3. The average Bonchev–Trinajstić information content (AvgIpc) is 2.49. The Morgan fingerprint density at radius 2 is 1.27 bits per heavy atom. The molecule has 3 nitrogen and oxygen atoms in total.